The fourth-order valence-corrected chi connectivity index (χ4v) is 4.24. The number of benzene rings is 2. The molecule has 4 rings (SSSR count). The van der Waals surface area contributed by atoms with Crippen LogP contribution in [0.25, 0.3) is 10.8 Å². The fraction of sp³-hybridized carbons (Fsp3) is 0.417. The van der Waals surface area contributed by atoms with E-state index in [4.69, 9.17) is 4.74 Å². The second-order valence-electron chi connectivity index (χ2n) is 8.30. The summed E-state index contributed by atoms with van der Waals surface area (Å²) in [5, 5.41) is 12.9. The Morgan fingerprint density at radius 3 is 2.44 bits per heavy atom. The number of anilines is 2. The summed E-state index contributed by atoms with van der Waals surface area (Å²) < 4.78 is 47.2. The maximum Gasteiger partial charge on any atom is 0.418 e. The Bertz CT molecular complexity index is 1140. The Hall–Kier alpha value is -2.87. The SMILES string of the molecule is Cc1cccc([C@@H](C)Nc2nnc(C)c3cc(C(F)(F)F)c(N4CCOCC4)cc23)c1C. The molecule has 1 saturated heterocycles. The van der Waals surface area contributed by atoms with E-state index < -0.39 is 11.7 Å². The molecule has 32 heavy (non-hydrogen) atoms. The van der Waals surface area contributed by atoms with Crippen molar-refractivity contribution in [1.82, 2.24) is 10.2 Å². The summed E-state index contributed by atoms with van der Waals surface area (Å²) in [5.41, 5.74) is 3.43. The van der Waals surface area contributed by atoms with Gasteiger partial charge in [-0.25, -0.2) is 0 Å². The van der Waals surface area contributed by atoms with Gasteiger partial charge in [-0.05, 0) is 56.5 Å². The number of aryl methyl sites for hydroxylation is 2. The molecule has 1 fully saturated rings. The van der Waals surface area contributed by atoms with Gasteiger partial charge in [0.05, 0.1) is 30.5 Å². The van der Waals surface area contributed by atoms with Crippen molar-refractivity contribution in [2.45, 2.75) is 39.9 Å². The summed E-state index contributed by atoms with van der Waals surface area (Å²) in [7, 11) is 0. The van der Waals surface area contributed by atoms with E-state index in [-0.39, 0.29) is 11.7 Å². The molecule has 1 N–H and O–H groups in total. The summed E-state index contributed by atoms with van der Waals surface area (Å²) in [4.78, 5) is 1.74. The molecule has 1 aliphatic rings. The standard InChI is InChI=1S/C24H27F3N4O/c1-14-6-5-7-18(15(14)2)16(3)28-23-20-13-22(31-8-10-32-11-9-31)21(24(25,26)27)12-19(20)17(4)29-30-23/h5-7,12-13,16H,8-11H2,1-4H3,(H,28,30)/t16-/m1/s1. The van der Waals surface area contributed by atoms with Crippen molar-refractivity contribution in [3.05, 3.63) is 58.3 Å². The van der Waals surface area contributed by atoms with Gasteiger partial charge in [0.25, 0.3) is 0 Å². The molecular weight excluding hydrogens is 417 g/mol. The van der Waals surface area contributed by atoms with E-state index in [1.807, 2.05) is 19.1 Å². The first-order valence-corrected chi connectivity index (χ1v) is 10.7. The number of hydrogen-bond acceptors (Lipinski definition) is 5. The van der Waals surface area contributed by atoms with Crippen LogP contribution in [-0.4, -0.2) is 36.5 Å². The highest BCUT2D eigenvalue weighted by Crippen LogP contribution is 2.41. The van der Waals surface area contributed by atoms with E-state index in [2.05, 4.69) is 35.4 Å². The molecule has 0 spiro atoms. The molecule has 3 aromatic rings. The summed E-state index contributed by atoms with van der Waals surface area (Å²) in [6, 6.07) is 8.82. The van der Waals surface area contributed by atoms with Gasteiger partial charge in [0.15, 0.2) is 5.82 Å². The van der Waals surface area contributed by atoms with Crippen LogP contribution in [0, 0.1) is 20.8 Å². The molecule has 0 aliphatic carbocycles. The average Bonchev–Trinajstić information content (AvgIpc) is 2.76. The molecule has 1 aromatic heterocycles. The van der Waals surface area contributed by atoms with Crippen LogP contribution in [0.15, 0.2) is 30.3 Å². The molecular formula is C24H27F3N4O. The van der Waals surface area contributed by atoms with Gasteiger partial charge in [-0.1, -0.05) is 18.2 Å². The van der Waals surface area contributed by atoms with Crippen molar-refractivity contribution in [2.75, 3.05) is 36.5 Å². The second kappa shape index (κ2) is 8.58. The quantitative estimate of drug-likeness (QED) is 0.569. The van der Waals surface area contributed by atoms with E-state index in [9.17, 15) is 13.2 Å². The third-order valence-electron chi connectivity index (χ3n) is 6.20. The molecule has 0 unspecified atom stereocenters. The van der Waals surface area contributed by atoms with Crippen LogP contribution in [0.2, 0.25) is 0 Å². The van der Waals surface area contributed by atoms with Crippen LogP contribution >= 0.6 is 0 Å². The Balaban J connectivity index is 1.83. The Morgan fingerprint density at radius 2 is 1.75 bits per heavy atom. The Labute approximate surface area is 185 Å². The van der Waals surface area contributed by atoms with Crippen LogP contribution in [0.4, 0.5) is 24.7 Å². The topological polar surface area (TPSA) is 50.3 Å². The molecule has 2 aromatic carbocycles. The number of halogens is 3. The summed E-state index contributed by atoms with van der Waals surface area (Å²) in [6.45, 7) is 9.44. The summed E-state index contributed by atoms with van der Waals surface area (Å²) in [6.07, 6.45) is -4.48. The average molecular weight is 445 g/mol. The number of aromatic nitrogens is 2. The summed E-state index contributed by atoms with van der Waals surface area (Å²) >= 11 is 0. The first-order valence-electron chi connectivity index (χ1n) is 10.7. The predicted octanol–water partition coefficient (Wildman–Crippen LogP) is 5.58. The highest BCUT2D eigenvalue weighted by atomic mass is 19.4. The molecule has 170 valence electrons. The normalized spacial score (nSPS) is 15.8. The van der Waals surface area contributed by atoms with Crippen molar-refractivity contribution < 1.29 is 17.9 Å². The zero-order valence-corrected chi connectivity index (χ0v) is 18.7. The minimum atomic E-state index is -4.48. The van der Waals surface area contributed by atoms with Crippen molar-refractivity contribution in [1.29, 1.82) is 0 Å². The van der Waals surface area contributed by atoms with Gasteiger partial charge in [0.1, 0.15) is 0 Å². The lowest BCUT2D eigenvalue weighted by Crippen LogP contribution is -2.37. The molecule has 5 nitrogen and oxygen atoms in total. The lowest BCUT2D eigenvalue weighted by atomic mass is 9.98. The van der Waals surface area contributed by atoms with Crippen LogP contribution in [0.1, 0.15) is 40.9 Å². The number of ether oxygens (including phenoxy) is 1. The summed E-state index contributed by atoms with van der Waals surface area (Å²) in [5.74, 6) is 0.474. The van der Waals surface area contributed by atoms with Crippen molar-refractivity contribution in [3.63, 3.8) is 0 Å². The van der Waals surface area contributed by atoms with E-state index in [1.165, 1.54) is 17.2 Å². The van der Waals surface area contributed by atoms with Crippen LogP contribution in [0.5, 0.6) is 0 Å². The highest BCUT2D eigenvalue weighted by Gasteiger charge is 2.36. The van der Waals surface area contributed by atoms with Crippen molar-refractivity contribution in [3.8, 4) is 0 Å². The number of fused-ring (bicyclic) bond motifs is 1. The molecule has 1 atom stereocenters. The van der Waals surface area contributed by atoms with Gasteiger partial charge in [0.2, 0.25) is 0 Å². The van der Waals surface area contributed by atoms with Gasteiger partial charge in [0, 0.05) is 29.5 Å². The van der Waals surface area contributed by atoms with E-state index >= 15 is 0 Å². The van der Waals surface area contributed by atoms with Gasteiger partial charge in [-0.15, -0.1) is 5.10 Å². The number of hydrogen-bond donors (Lipinski definition) is 1. The van der Waals surface area contributed by atoms with Crippen LogP contribution in [-0.2, 0) is 10.9 Å². The molecule has 8 heteroatoms. The van der Waals surface area contributed by atoms with E-state index in [0.717, 1.165) is 5.56 Å². The van der Waals surface area contributed by atoms with Gasteiger partial charge in [-0.2, -0.15) is 18.3 Å². The number of nitrogens with one attached hydrogen (secondary N) is 1. The monoisotopic (exact) mass is 444 g/mol. The van der Waals surface area contributed by atoms with Crippen molar-refractivity contribution in [2.24, 2.45) is 0 Å². The Morgan fingerprint density at radius 1 is 1.03 bits per heavy atom. The number of alkyl halides is 3. The fourth-order valence-electron chi connectivity index (χ4n) is 4.24. The molecule has 0 bridgehead atoms. The van der Waals surface area contributed by atoms with Crippen LogP contribution < -0.4 is 10.2 Å². The maximum absolute atomic E-state index is 14.0. The van der Waals surface area contributed by atoms with Gasteiger partial charge < -0.3 is 15.0 Å². The first-order chi connectivity index (χ1) is 15.2. The number of nitrogens with zero attached hydrogens (tertiary/aromatic N) is 3. The van der Waals surface area contributed by atoms with Crippen LogP contribution in [0.3, 0.4) is 0 Å². The minimum absolute atomic E-state index is 0.0933. The number of morpholine rings is 1. The molecule has 0 saturated carbocycles. The van der Waals surface area contributed by atoms with Gasteiger partial charge in [-0.3, -0.25) is 0 Å². The Kier molecular flexibility index (Phi) is 5.99. The molecule has 2 heterocycles. The number of rotatable bonds is 4. The molecule has 0 radical (unpaired) electrons. The van der Waals surface area contributed by atoms with Gasteiger partial charge >= 0.3 is 6.18 Å². The van der Waals surface area contributed by atoms with E-state index in [0.29, 0.717) is 48.6 Å². The lowest BCUT2D eigenvalue weighted by molar-refractivity contribution is -0.137. The second-order valence-corrected chi connectivity index (χ2v) is 8.30. The zero-order chi connectivity index (χ0) is 23.0. The molecule has 0 amide bonds. The predicted molar refractivity (Wildman–Crippen MR) is 120 cm³/mol. The minimum Gasteiger partial charge on any atom is -0.378 e. The third-order valence-corrected chi connectivity index (χ3v) is 6.20. The third kappa shape index (κ3) is 4.24. The van der Waals surface area contributed by atoms with E-state index in [1.54, 1.807) is 17.9 Å². The zero-order valence-electron chi connectivity index (χ0n) is 18.7. The smallest absolute Gasteiger partial charge is 0.378 e. The molecule has 1 aliphatic heterocycles. The maximum atomic E-state index is 14.0. The largest absolute Gasteiger partial charge is 0.418 e. The lowest BCUT2D eigenvalue weighted by Gasteiger charge is -2.31. The van der Waals surface area contributed by atoms with Crippen molar-refractivity contribution >= 4 is 22.3 Å². The first kappa shape index (κ1) is 22.3. The highest BCUT2D eigenvalue weighted by molar-refractivity contribution is 5.96.